The molecular formula is C40H56O3. The highest BCUT2D eigenvalue weighted by molar-refractivity contribution is 5.47. The molecule has 234 valence electrons. The highest BCUT2D eigenvalue weighted by Gasteiger charge is 2.38. The molecule has 0 amide bonds. The first-order valence-corrected chi connectivity index (χ1v) is 17.0. The second kappa shape index (κ2) is 21.9. The van der Waals surface area contributed by atoms with Gasteiger partial charge in [0.15, 0.2) is 0 Å². The molecule has 0 saturated heterocycles. The van der Waals surface area contributed by atoms with Crippen molar-refractivity contribution >= 4 is 0 Å². The summed E-state index contributed by atoms with van der Waals surface area (Å²) >= 11 is 0. The number of aliphatic hydroxyl groups excluding tert-OH is 1. The van der Waals surface area contributed by atoms with Crippen LogP contribution in [0.25, 0.3) is 0 Å². The molecule has 1 atom stereocenters. The van der Waals surface area contributed by atoms with Crippen LogP contribution in [-0.4, -0.2) is 31.0 Å². The molecule has 0 radical (unpaired) electrons. The Labute approximate surface area is 262 Å². The fourth-order valence-corrected chi connectivity index (χ4v) is 5.71. The zero-order chi connectivity index (χ0) is 30.3. The molecule has 43 heavy (non-hydrogen) atoms. The fourth-order valence-electron chi connectivity index (χ4n) is 5.71. The molecule has 0 aliphatic carbocycles. The first-order chi connectivity index (χ1) is 21.3. The summed E-state index contributed by atoms with van der Waals surface area (Å²) in [5, 5.41) is 10.8. The molecule has 0 fully saturated rings. The lowest BCUT2D eigenvalue weighted by Gasteiger charge is -2.36. The van der Waals surface area contributed by atoms with Gasteiger partial charge in [-0.05, 0) is 48.8 Å². The van der Waals surface area contributed by atoms with Crippen LogP contribution in [0.2, 0.25) is 0 Å². The van der Waals surface area contributed by atoms with Crippen molar-refractivity contribution in [2.75, 3.05) is 19.8 Å². The zero-order valence-corrected chi connectivity index (χ0v) is 26.7. The highest BCUT2D eigenvalue weighted by atomic mass is 16.5. The van der Waals surface area contributed by atoms with E-state index in [0.717, 1.165) is 23.1 Å². The Morgan fingerprint density at radius 2 is 0.977 bits per heavy atom. The molecule has 0 aliphatic rings. The van der Waals surface area contributed by atoms with Crippen LogP contribution in [0.3, 0.4) is 0 Å². The fraction of sp³-hybridized carbons (Fsp3) is 0.500. The molecule has 0 bridgehead atoms. The molecule has 3 heteroatoms. The Kier molecular flexibility index (Phi) is 17.7. The number of unbranched alkanes of at least 4 members (excludes halogenated alkanes) is 12. The van der Waals surface area contributed by atoms with Crippen LogP contribution >= 0.6 is 0 Å². The van der Waals surface area contributed by atoms with E-state index in [-0.39, 0.29) is 13.2 Å². The molecule has 0 aliphatic heterocycles. The number of aliphatic hydroxyl groups is 1. The Morgan fingerprint density at radius 1 is 0.558 bits per heavy atom. The molecule has 3 nitrogen and oxygen atoms in total. The first-order valence-electron chi connectivity index (χ1n) is 17.0. The minimum atomic E-state index is -0.825. The smallest absolute Gasteiger partial charge is 0.143 e. The minimum Gasteiger partial charge on any atom is -0.388 e. The van der Waals surface area contributed by atoms with E-state index in [1.54, 1.807) is 0 Å². The summed E-state index contributed by atoms with van der Waals surface area (Å²) in [6.07, 6.45) is 22.2. The molecule has 0 aromatic heterocycles. The second-order valence-corrected chi connectivity index (χ2v) is 11.8. The zero-order valence-electron chi connectivity index (χ0n) is 26.7. The van der Waals surface area contributed by atoms with E-state index >= 15 is 0 Å². The molecule has 0 heterocycles. The number of ether oxygens (including phenoxy) is 2. The third kappa shape index (κ3) is 12.8. The van der Waals surface area contributed by atoms with Crippen LogP contribution in [-0.2, 0) is 15.1 Å². The van der Waals surface area contributed by atoms with E-state index in [4.69, 9.17) is 9.47 Å². The van der Waals surface area contributed by atoms with Crippen LogP contribution in [0.5, 0.6) is 0 Å². The lowest BCUT2D eigenvalue weighted by Crippen LogP contribution is -2.36. The van der Waals surface area contributed by atoms with Gasteiger partial charge in [0.1, 0.15) is 11.7 Å². The van der Waals surface area contributed by atoms with Gasteiger partial charge in [0.05, 0.1) is 13.2 Å². The molecule has 3 aromatic rings. The Bertz CT molecular complexity index is 984. The van der Waals surface area contributed by atoms with Crippen molar-refractivity contribution in [2.45, 2.75) is 109 Å². The van der Waals surface area contributed by atoms with Gasteiger partial charge in [0.2, 0.25) is 0 Å². The summed E-state index contributed by atoms with van der Waals surface area (Å²) in [5.41, 5.74) is 2.27. The van der Waals surface area contributed by atoms with Gasteiger partial charge in [0.25, 0.3) is 0 Å². The predicted molar refractivity (Wildman–Crippen MR) is 181 cm³/mol. The quantitative estimate of drug-likeness (QED) is 0.0647. The first kappa shape index (κ1) is 34.8. The number of rotatable bonds is 24. The largest absolute Gasteiger partial charge is 0.388 e. The number of allylic oxidation sites excluding steroid dienone is 2. The van der Waals surface area contributed by atoms with Crippen LogP contribution in [0, 0.1) is 0 Å². The highest BCUT2D eigenvalue weighted by Crippen LogP contribution is 2.40. The summed E-state index contributed by atoms with van der Waals surface area (Å²) in [6, 6.07) is 30.8. The van der Waals surface area contributed by atoms with Gasteiger partial charge >= 0.3 is 0 Å². The van der Waals surface area contributed by atoms with Crippen LogP contribution in [0.1, 0.15) is 114 Å². The van der Waals surface area contributed by atoms with Crippen molar-refractivity contribution in [1.29, 1.82) is 0 Å². The summed E-state index contributed by atoms with van der Waals surface area (Å²) in [5.74, 6) is 0. The number of hydrogen-bond acceptors (Lipinski definition) is 3. The van der Waals surface area contributed by atoms with E-state index in [2.05, 4.69) is 55.5 Å². The van der Waals surface area contributed by atoms with Gasteiger partial charge in [-0.1, -0.05) is 168 Å². The van der Waals surface area contributed by atoms with Crippen molar-refractivity contribution < 1.29 is 14.6 Å². The lowest BCUT2D eigenvalue weighted by molar-refractivity contribution is -0.0641. The van der Waals surface area contributed by atoms with Crippen molar-refractivity contribution in [3.05, 3.63) is 120 Å². The summed E-state index contributed by atoms with van der Waals surface area (Å²) < 4.78 is 12.6. The Morgan fingerprint density at radius 3 is 1.44 bits per heavy atom. The van der Waals surface area contributed by atoms with Gasteiger partial charge in [-0.25, -0.2) is 0 Å². The average molecular weight is 585 g/mol. The standard InChI is InChI=1S/C40H56O3/c1-2-3-4-5-6-7-8-9-10-11-12-13-14-15-16-26-33-42-34-39(41)35-43-40(36-27-20-17-21-28-36,37-29-22-18-23-30-37)38-31-24-19-25-32-38/h9-10,17-25,27-32,39,41H,2-8,11-16,26,33-35H2,1H3. The van der Waals surface area contributed by atoms with Gasteiger partial charge in [0, 0.05) is 6.61 Å². The third-order valence-corrected chi connectivity index (χ3v) is 8.14. The number of benzene rings is 3. The Balaban J connectivity index is 1.32. The minimum absolute atomic E-state index is 0.173. The van der Waals surface area contributed by atoms with Crippen molar-refractivity contribution in [1.82, 2.24) is 0 Å². The van der Waals surface area contributed by atoms with Crippen molar-refractivity contribution in [2.24, 2.45) is 0 Å². The Hall–Kier alpha value is -2.72. The molecule has 3 aromatic carbocycles. The van der Waals surface area contributed by atoms with Crippen molar-refractivity contribution in [3.8, 4) is 0 Å². The molecule has 3 rings (SSSR count). The van der Waals surface area contributed by atoms with Gasteiger partial charge in [-0.3, -0.25) is 0 Å². The maximum Gasteiger partial charge on any atom is 0.143 e. The molecule has 0 spiro atoms. The molecule has 1 unspecified atom stereocenters. The third-order valence-electron chi connectivity index (χ3n) is 8.14. The predicted octanol–water partition coefficient (Wildman–Crippen LogP) is 10.4. The topological polar surface area (TPSA) is 38.7 Å². The maximum absolute atomic E-state index is 10.8. The monoisotopic (exact) mass is 584 g/mol. The second-order valence-electron chi connectivity index (χ2n) is 11.8. The number of hydrogen-bond donors (Lipinski definition) is 1. The molecular weight excluding hydrogens is 528 g/mol. The SMILES string of the molecule is CCCCCCCCC=CCCCCCCCCOCC(O)COC(c1ccccc1)(c1ccccc1)c1ccccc1. The maximum atomic E-state index is 10.8. The molecule has 1 N–H and O–H groups in total. The molecule has 0 saturated carbocycles. The summed E-state index contributed by atoms with van der Waals surface area (Å²) in [7, 11) is 0. The van der Waals surface area contributed by atoms with Crippen LogP contribution in [0.4, 0.5) is 0 Å². The summed E-state index contributed by atoms with van der Waals surface area (Å²) in [6.45, 7) is 3.41. The van der Waals surface area contributed by atoms with Gasteiger partial charge in [-0.15, -0.1) is 0 Å². The van der Waals surface area contributed by atoms with Gasteiger partial charge in [-0.2, -0.15) is 0 Å². The van der Waals surface area contributed by atoms with E-state index in [1.165, 1.54) is 83.5 Å². The normalized spacial score (nSPS) is 12.6. The van der Waals surface area contributed by atoms with Crippen molar-refractivity contribution in [3.63, 3.8) is 0 Å². The lowest BCUT2D eigenvalue weighted by atomic mass is 9.80. The van der Waals surface area contributed by atoms with E-state index in [1.807, 2.05) is 54.6 Å². The van der Waals surface area contributed by atoms with E-state index < -0.39 is 11.7 Å². The van der Waals surface area contributed by atoms with E-state index in [9.17, 15) is 5.11 Å². The van der Waals surface area contributed by atoms with Gasteiger partial charge < -0.3 is 14.6 Å². The summed E-state index contributed by atoms with van der Waals surface area (Å²) in [4.78, 5) is 0. The average Bonchev–Trinajstić information content (AvgIpc) is 3.06. The van der Waals surface area contributed by atoms with Crippen LogP contribution < -0.4 is 0 Å². The van der Waals surface area contributed by atoms with Crippen LogP contribution in [0.15, 0.2) is 103 Å². The van der Waals surface area contributed by atoms with E-state index in [0.29, 0.717) is 6.61 Å².